The van der Waals surface area contributed by atoms with Crippen LogP contribution in [0.25, 0.3) is 0 Å². The molecular weight excluding hydrogens is 450 g/mol. The maximum atomic E-state index is 12.6. The number of amides is 1. The lowest BCUT2D eigenvalue weighted by Gasteiger charge is -2.27. The van der Waals surface area contributed by atoms with Crippen LogP contribution in [-0.2, 0) is 15.2 Å². The van der Waals surface area contributed by atoms with E-state index in [-0.39, 0.29) is 5.91 Å². The molecule has 2 fully saturated rings. The van der Waals surface area contributed by atoms with E-state index >= 15 is 0 Å². The summed E-state index contributed by atoms with van der Waals surface area (Å²) in [5, 5.41) is 4.06. The van der Waals surface area contributed by atoms with Crippen LogP contribution in [0.4, 0.5) is 5.82 Å². The second kappa shape index (κ2) is 11.8. The fraction of sp³-hybridized carbons (Fsp3) is 0.500. The molecule has 0 spiro atoms. The fourth-order valence-electron chi connectivity index (χ4n) is 3.61. The largest absolute Gasteiger partial charge is 0.379 e. The van der Waals surface area contributed by atoms with E-state index in [1.54, 1.807) is 6.07 Å². The van der Waals surface area contributed by atoms with Gasteiger partial charge in [0, 0.05) is 56.7 Å². The molecule has 2 aliphatic heterocycles. The minimum Gasteiger partial charge on any atom is -0.379 e. The first-order valence-electron chi connectivity index (χ1n) is 10.8. The van der Waals surface area contributed by atoms with Crippen molar-refractivity contribution in [3.05, 3.63) is 46.6 Å². The summed E-state index contributed by atoms with van der Waals surface area (Å²) in [7, 11) is 0. The maximum Gasteiger partial charge on any atom is 0.251 e. The summed E-state index contributed by atoms with van der Waals surface area (Å²) in [6.07, 6.45) is 0. The number of nitrogens with one attached hydrogen (secondary N) is 1. The van der Waals surface area contributed by atoms with E-state index < -0.39 is 0 Å². The normalized spacial score (nSPS) is 17.3. The molecule has 1 aromatic heterocycles. The van der Waals surface area contributed by atoms with Gasteiger partial charge in [0.15, 0.2) is 5.16 Å². The molecule has 1 N–H and O–H groups in total. The predicted molar refractivity (Wildman–Crippen MR) is 126 cm³/mol. The molecule has 3 heterocycles. The van der Waals surface area contributed by atoms with Gasteiger partial charge in [-0.1, -0.05) is 35.5 Å². The molecule has 0 radical (unpaired) electrons. The summed E-state index contributed by atoms with van der Waals surface area (Å²) < 4.78 is 10.8. The van der Waals surface area contributed by atoms with E-state index in [0.717, 1.165) is 57.3 Å². The topological polar surface area (TPSA) is 79.8 Å². The van der Waals surface area contributed by atoms with Crippen LogP contribution >= 0.6 is 23.4 Å². The van der Waals surface area contributed by atoms with E-state index in [1.807, 2.05) is 24.3 Å². The lowest BCUT2D eigenvalue weighted by Crippen LogP contribution is -2.41. The third-order valence-corrected chi connectivity index (χ3v) is 6.48. The Morgan fingerprint density at radius 1 is 1.06 bits per heavy atom. The quantitative estimate of drug-likeness (QED) is 0.352. The molecule has 2 aromatic rings. The van der Waals surface area contributed by atoms with Crippen LogP contribution < -0.4 is 10.2 Å². The Labute approximate surface area is 197 Å². The number of ether oxygens (including phenoxy) is 2. The highest BCUT2D eigenvalue weighted by molar-refractivity contribution is 7.98. The Morgan fingerprint density at radius 2 is 1.81 bits per heavy atom. The number of benzene rings is 1. The molecule has 1 aromatic carbocycles. The van der Waals surface area contributed by atoms with Crippen molar-refractivity contribution in [3.8, 4) is 0 Å². The maximum absolute atomic E-state index is 12.6. The average Bonchev–Trinajstić information content (AvgIpc) is 2.84. The zero-order chi connectivity index (χ0) is 22.2. The number of hydrogen-bond donors (Lipinski definition) is 1. The molecule has 0 unspecified atom stereocenters. The highest BCUT2D eigenvalue weighted by Gasteiger charge is 2.15. The van der Waals surface area contributed by atoms with Crippen LogP contribution in [0.2, 0.25) is 5.15 Å². The van der Waals surface area contributed by atoms with Crippen molar-refractivity contribution in [2.24, 2.45) is 0 Å². The number of carbonyl (C=O) groups is 1. The Kier molecular flexibility index (Phi) is 8.58. The molecule has 4 rings (SSSR count). The summed E-state index contributed by atoms with van der Waals surface area (Å²) in [5.41, 5.74) is 1.69. The van der Waals surface area contributed by atoms with Crippen molar-refractivity contribution in [1.82, 2.24) is 20.2 Å². The third kappa shape index (κ3) is 6.79. The van der Waals surface area contributed by atoms with Gasteiger partial charge in [-0.15, -0.1) is 0 Å². The van der Waals surface area contributed by atoms with Crippen molar-refractivity contribution in [2.75, 3.05) is 70.6 Å². The third-order valence-electron chi connectivity index (χ3n) is 5.37. The minimum absolute atomic E-state index is 0.0567. The summed E-state index contributed by atoms with van der Waals surface area (Å²) in [6, 6.07) is 9.46. The summed E-state index contributed by atoms with van der Waals surface area (Å²) in [4.78, 5) is 26.0. The van der Waals surface area contributed by atoms with E-state index in [4.69, 9.17) is 21.1 Å². The lowest BCUT2D eigenvalue weighted by atomic mass is 10.1. The molecule has 1 amide bonds. The number of halogens is 1. The van der Waals surface area contributed by atoms with E-state index in [0.29, 0.717) is 41.4 Å². The zero-order valence-electron chi connectivity index (χ0n) is 18.0. The van der Waals surface area contributed by atoms with Crippen molar-refractivity contribution < 1.29 is 14.3 Å². The molecule has 0 atom stereocenters. The molecule has 0 saturated carbocycles. The number of nitrogens with zero attached hydrogens (tertiary/aromatic N) is 4. The van der Waals surface area contributed by atoms with E-state index in [2.05, 4.69) is 25.1 Å². The second-order valence-corrected chi connectivity index (χ2v) is 8.96. The van der Waals surface area contributed by atoms with E-state index in [1.165, 1.54) is 11.8 Å². The second-order valence-electron chi connectivity index (χ2n) is 7.63. The molecule has 172 valence electrons. The molecule has 8 nitrogen and oxygen atoms in total. The first-order valence-corrected chi connectivity index (χ1v) is 12.2. The van der Waals surface area contributed by atoms with Crippen molar-refractivity contribution in [2.45, 2.75) is 10.9 Å². The van der Waals surface area contributed by atoms with Crippen molar-refractivity contribution in [3.63, 3.8) is 0 Å². The molecule has 0 bridgehead atoms. The number of thioether (sulfide) groups is 1. The molecule has 2 aliphatic rings. The highest BCUT2D eigenvalue weighted by Crippen LogP contribution is 2.25. The van der Waals surface area contributed by atoms with Crippen molar-refractivity contribution in [1.29, 1.82) is 0 Å². The Balaban J connectivity index is 1.30. The van der Waals surface area contributed by atoms with E-state index in [9.17, 15) is 4.79 Å². The van der Waals surface area contributed by atoms with Crippen LogP contribution in [0.5, 0.6) is 0 Å². The Hall–Kier alpha value is -1.91. The number of rotatable bonds is 8. The summed E-state index contributed by atoms with van der Waals surface area (Å²) >= 11 is 7.74. The molecule has 0 aliphatic carbocycles. The first-order chi connectivity index (χ1) is 15.7. The number of carbonyl (C=O) groups excluding carboxylic acids is 1. The summed E-state index contributed by atoms with van der Waals surface area (Å²) in [6.45, 7) is 7.77. The lowest BCUT2D eigenvalue weighted by molar-refractivity contribution is 0.0383. The number of hydrogen-bond acceptors (Lipinski definition) is 8. The van der Waals surface area contributed by atoms with Gasteiger partial charge in [-0.25, -0.2) is 9.97 Å². The zero-order valence-corrected chi connectivity index (χ0v) is 19.5. The van der Waals surface area contributed by atoms with Gasteiger partial charge in [-0.2, -0.15) is 0 Å². The molecule has 32 heavy (non-hydrogen) atoms. The van der Waals surface area contributed by atoms with Gasteiger partial charge in [0.1, 0.15) is 11.0 Å². The van der Waals surface area contributed by atoms with Crippen LogP contribution in [0.15, 0.2) is 35.5 Å². The average molecular weight is 478 g/mol. The van der Waals surface area contributed by atoms with Crippen LogP contribution in [0, 0.1) is 0 Å². The minimum atomic E-state index is -0.0567. The Bertz CT molecular complexity index is 907. The SMILES string of the molecule is O=C(NCCN1CCOCC1)c1cccc(CSc2nc(Cl)cc(N3CCOCC3)n2)c1. The molecule has 10 heteroatoms. The van der Waals surface area contributed by atoms with Gasteiger partial charge < -0.3 is 19.7 Å². The standard InChI is InChI=1S/C22H28ClN5O3S/c23-19-15-20(28-8-12-31-13-9-28)26-22(25-19)32-16-17-2-1-3-18(14-17)21(29)24-4-5-27-6-10-30-11-7-27/h1-3,14-15H,4-13,16H2,(H,24,29). The Morgan fingerprint density at radius 3 is 2.59 bits per heavy atom. The van der Waals surface area contributed by atoms with Gasteiger partial charge in [0.05, 0.1) is 26.4 Å². The fourth-order valence-corrected chi connectivity index (χ4v) is 4.63. The smallest absolute Gasteiger partial charge is 0.251 e. The summed E-state index contributed by atoms with van der Waals surface area (Å²) in [5.74, 6) is 1.42. The van der Waals surface area contributed by atoms with Gasteiger partial charge >= 0.3 is 0 Å². The van der Waals surface area contributed by atoms with Gasteiger partial charge in [0.2, 0.25) is 0 Å². The number of morpholine rings is 2. The monoisotopic (exact) mass is 477 g/mol. The van der Waals surface area contributed by atoms with Crippen LogP contribution in [0.1, 0.15) is 15.9 Å². The van der Waals surface area contributed by atoms with Crippen LogP contribution in [0.3, 0.4) is 0 Å². The van der Waals surface area contributed by atoms with Gasteiger partial charge in [-0.05, 0) is 17.7 Å². The number of aromatic nitrogens is 2. The highest BCUT2D eigenvalue weighted by atomic mass is 35.5. The molecule has 2 saturated heterocycles. The first kappa shape index (κ1) is 23.3. The van der Waals surface area contributed by atoms with Crippen molar-refractivity contribution >= 4 is 35.1 Å². The van der Waals surface area contributed by atoms with Gasteiger partial charge in [0.25, 0.3) is 5.91 Å². The van der Waals surface area contributed by atoms with Crippen LogP contribution in [-0.4, -0.2) is 86.5 Å². The van der Waals surface area contributed by atoms with Gasteiger partial charge in [-0.3, -0.25) is 9.69 Å². The number of anilines is 1. The molecular formula is C22H28ClN5O3S. The predicted octanol–water partition coefficient (Wildman–Crippen LogP) is 2.32.